The number of esters is 1. The Kier molecular flexibility index (Phi) is 6.60. The van der Waals surface area contributed by atoms with Crippen molar-refractivity contribution < 1.29 is 38.0 Å². The molecule has 2 heterocycles. The number of ketones is 1. The molecule has 0 amide bonds. The molecule has 2 unspecified atom stereocenters. The highest BCUT2D eigenvalue weighted by molar-refractivity contribution is 6.04. The first-order chi connectivity index (χ1) is 19.1. The highest BCUT2D eigenvalue weighted by Gasteiger charge is 2.71. The molecule has 7 aliphatic rings. The van der Waals surface area contributed by atoms with Gasteiger partial charge in [-0.1, -0.05) is 39.7 Å². The molecule has 5 saturated carbocycles. The summed E-state index contributed by atoms with van der Waals surface area (Å²) in [5, 5.41) is 0. The third-order valence-electron chi connectivity index (χ3n) is 12.0. The molecule has 0 radical (unpaired) electrons. The first-order valence-corrected chi connectivity index (χ1v) is 15.8. The van der Waals surface area contributed by atoms with Gasteiger partial charge in [-0.3, -0.25) is 9.59 Å². The van der Waals surface area contributed by atoms with Crippen LogP contribution < -0.4 is 0 Å². The Hall–Kier alpha value is -1.32. The second kappa shape index (κ2) is 9.60. The molecule has 0 aromatic carbocycles. The normalized spacial score (nSPS) is 45.9. The van der Waals surface area contributed by atoms with Gasteiger partial charge in [-0.05, 0) is 49.4 Å². The van der Waals surface area contributed by atoms with Crippen LogP contribution in [0.5, 0.6) is 0 Å². The predicted molar refractivity (Wildman–Crippen MR) is 144 cm³/mol. The van der Waals surface area contributed by atoms with E-state index in [2.05, 4.69) is 27.4 Å². The molecule has 5 aliphatic carbocycles. The van der Waals surface area contributed by atoms with E-state index in [0.29, 0.717) is 6.61 Å². The van der Waals surface area contributed by atoms with Crippen molar-refractivity contribution in [2.75, 3.05) is 6.61 Å². The lowest BCUT2D eigenvalue weighted by molar-refractivity contribution is -0.228. The number of hydrogen-bond donors (Lipinski definition) is 0. The van der Waals surface area contributed by atoms with Gasteiger partial charge in [0.1, 0.15) is 36.4 Å². The Morgan fingerprint density at radius 1 is 0.825 bits per heavy atom. The Labute approximate surface area is 237 Å². The summed E-state index contributed by atoms with van der Waals surface area (Å²) >= 11 is 0. The monoisotopic (exact) mass is 558 g/mol. The summed E-state index contributed by atoms with van der Waals surface area (Å²) in [5.74, 6) is -2.73. The maximum absolute atomic E-state index is 14.1. The fourth-order valence-corrected chi connectivity index (χ4v) is 9.49. The molecular weight excluding hydrogens is 512 g/mol. The zero-order valence-electron chi connectivity index (χ0n) is 24.4. The van der Waals surface area contributed by atoms with E-state index in [0.717, 1.165) is 77.0 Å². The summed E-state index contributed by atoms with van der Waals surface area (Å²) in [7, 11) is 0. The SMILES string of the molecule is C=CCOC1[C@H]2OC3(CCCCC3)O[C@@H]2C(OC(=O)[C@H]2C(=O)[C@H]3CC[C@]2(C)C3(C)C)[C@@H]2OC3(CCCCC3)O[C@H]12. The molecule has 0 aromatic rings. The van der Waals surface area contributed by atoms with E-state index in [9.17, 15) is 9.59 Å². The van der Waals surface area contributed by atoms with Gasteiger partial charge < -0.3 is 28.4 Å². The maximum Gasteiger partial charge on any atom is 0.317 e. The van der Waals surface area contributed by atoms with Gasteiger partial charge in [0, 0.05) is 31.6 Å². The number of Topliss-reactive ketones (excluding diaryl/α,β-unsaturated/α-hetero) is 1. The number of ether oxygens (including phenoxy) is 6. The van der Waals surface area contributed by atoms with Crippen LogP contribution in [0.25, 0.3) is 0 Å². The zero-order chi connectivity index (χ0) is 27.9. The van der Waals surface area contributed by atoms with Gasteiger partial charge in [-0.2, -0.15) is 0 Å². The maximum atomic E-state index is 14.1. The first-order valence-electron chi connectivity index (χ1n) is 15.8. The summed E-state index contributed by atoms with van der Waals surface area (Å²) in [4.78, 5) is 27.6. The lowest BCUT2D eigenvalue weighted by Crippen LogP contribution is -2.63. The number of carbonyl (C=O) groups excluding carboxylic acids is 2. The van der Waals surface area contributed by atoms with E-state index in [1.807, 2.05) is 0 Å². The Bertz CT molecular complexity index is 1000. The van der Waals surface area contributed by atoms with Crippen LogP contribution >= 0.6 is 0 Å². The molecule has 2 bridgehead atoms. The Morgan fingerprint density at radius 3 is 1.77 bits per heavy atom. The summed E-state index contributed by atoms with van der Waals surface area (Å²) in [6.45, 7) is 10.6. The van der Waals surface area contributed by atoms with E-state index < -0.39 is 65.5 Å². The minimum Gasteiger partial charge on any atom is -0.456 e. The zero-order valence-corrected chi connectivity index (χ0v) is 24.4. The summed E-state index contributed by atoms with van der Waals surface area (Å²) < 4.78 is 40.0. The lowest BCUT2D eigenvalue weighted by atomic mass is 9.66. The van der Waals surface area contributed by atoms with Crippen LogP contribution in [0.1, 0.15) is 97.8 Å². The summed E-state index contributed by atoms with van der Waals surface area (Å²) in [6.07, 6.45) is 9.76. The molecule has 7 fully saturated rings. The molecule has 9 atom stereocenters. The topological polar surface area (TPSA) is 89.5 Å². The lowest BCUT2D eigenvalue weighted by Gasteiger charge is -2.43. The van der Waals surface area contributed by atoms with Gasteiger partial charge in [0.2, 0.25) is 0 Å². The van der Waals surface area contributed by atoms with E-state index in [4.69, 9.17) is 28.4 Å². The second-order valence-corrected chi connectivity index (χ2v) is 14.3. The standard InChI is InChI=1S/C32H46O8/c1-5-18-35-22-24-26(39-31(37-24)13-8-6-9-14-31)23(27-25(22)38-32(40-27)15-10-7-11-16-32)36-28(34)20-21(33)19-12-17-30(20,4)29(19,2)3/h5,19-20,22-27H,1,6-18H2,2-4H3/t19-,20-,22?,23?,24-,25-,26-,27+,30+/m1/s1. The Morgan fingerprint density at radius 2 is 1.32 bits per heavy atom. The van der Waals surface area contributed by atoms with Gasteiger partial charge in [-0.25, -0.2) is 0 Å². The molecule has 2 saturated heterocycles. The fourth-order valence-electron chi connectivity index (χ4n) is 9.49. The largest absolute Gasteiger partial charge is 0.456 e. The second-order valence-electron chi connectivity index (χ2n) is 14.3. The smallest absolute Gasteiger partial charge is 0.317 e. The van der Waals surface area contributed by atoms with Crippen LogP contribution in [0.4, 0.5) is 0 Å². The minimum absolute atomic E-state index is 0.0273. The molecule has 40 heavy (non-hydrogen) atoms. The number of rotatable bonds is 5. The first kappa shape index (κ1) is 27.5. The highest BCUT2D eigenvalue weighted by atomic mass is 16.8. The minimum atomic E-state index is -0.773. The number of hydrogen-bond acceptors (Lipinski definition) is 8. The van der Waals surface area contributed by atoms with Gasteiger partial charge >= 0.3 is 5.97 Å². The number of carbonyl (C=O) groups is 2. The van der Waals surface area contributed by atoms with Crippen molar-refractivity contribution in [1.82, 2.24) is 0 Å². The number of fused-ring (bicyclic) bond motifs is 4. The third kappa shape index (κ3) is 3.88. The quantitative estimate of drug-likeness (QED) is 0.264. The van der Waals surface area contributed by atoms with Crippen molar-refractivity contribution in [1.29, 1.82) is 0 Å². The molecule has 0 aromatic heterocycles. The van der Waals surface area contributed by atoms with E-state index in [1.54, 1.807) is 6.08 Å². The van der Waals surface area contributed by atoms with Crippen molar-refractivity contribution in [3.8, 4) is 0 Å². The van der Waals surface area contributed by atoms with E-state index in [-0.39, 0.29) is 17.1 Å². The molecule has 7 rings (SSSR count). The van der Waals surface area contributed by atoms with Crippen LogP contribution in [-0.2, 0) is 38.0 Å². The van der Waals surface area contributed by atoms with Crippen LogP contribution in [-0.4, -0.2) is 66.6 Å². The van der Waals surface area contributed by atoms with E-state index in [1.165, 1.54) is 0 Å². The molecule has 0 N–H and O–H groups in total. The van der Waals surface area contributed by atoms with Gasteiger partial charge in [0.15, 0.2) is 23.5 Å². The van der Waals surface area contributed by atoms with E-state index >= 15 is 0 Å². The molecule has 8 nitrogen and oxygen atoms in total. The van der Waals surface area contributed by atoms with Gasteiger partial charge in [0.05, 0.1) is 6.61 Å². The van der Waals surface area contributed by atoms with Crippen molar-refractivity contribution >= 4 is 11.8 Å². The highest BCUT2D eigenvalue weighted by Crippen LogP contribution is 2.67. The van der Waals surface area contributed by atoms with Gasteiger partial charge in [0.25, 0.3) is 0 Å². The fraction of sp³-hybridized carbons (Fsp3) is 0.875. The summed E-state index contributed by atoms with van der Waals surface area (Å²) in [6, 6.07) is 0. The van der Waals surface area contributed by atoms with Gasteiger partial charge in [-0.15, -0.1) is 6.58 Å². The van der Waals surface area contributed by atoms with Crippen LogP contribution in [0, 0.1) is 22.7 Å². The van der Waals surface area contributed by atoms with Crippen molar-refractivity contribution in [2.45, 2.75) is 146 Å². The predicted octanol–water partition coefficient (Wildman–Crippen LogP) is 5.01. The van der Waals surface area contributed by atoms with Crippen molar-refractivity contribution in [3.63, 3.8) is 0 Å². The third-order valence-corrected chi connectivity index (χ3v) is 12.0. The molecule has 222 valence electrons. The average molecular weight is 559 g/mol. The van der Waals surface area contributed by atoms with Crippen molar-refractivity contribution in [3.05, 3.63) is 12.7 Å². The van der Waals surface area contributed by atoms with Crippen LogP contribution in [0.15, 0.2) is 12.7 Å². The van der Waals surface area contributed by atoms with Crippen LogP contribution in [0.3, 0.4) is 0 Å². The molecule has 2 aliphatic heterocycles. The summed E-state index contributed by atoms with van der Waals surface area (Å²) in [5.41, 5.74) is -0.669. The van der Waals surface area contributed by atoms with Crippen molar-refractivity contribution in [2.24, 2.45) is 22.7 Å². The van der Waals surface area contributed by atoms with Crippen LogP contribution in [0.2, 0.25) is 0 Å². The molecule has 2 spiro atoms. The average Bonchev–Trinajstić information content (AvgIpc) is 3.58. The molecule has 8 heteroatoms. The molecular formula is C32H46O8. The Balaban J connectivity index is 1.23.